The number of benzene rings is 1. The number of carbonyl (C=O) groups is 2. The largest absolute Gasteiger partial charge is 0.348 e. The van der Waals surface area contributed by atoms with E-state index in [4.69, 9.17) is 0 Å². The first-order valence-electron chi connectivity index (χ1n) is 8.95. The fraction of sp³-hybridized carbons (Fsp3) is 0.250. The van der Waals surface area contributed by atoms with E-state index in [0.29, 0.717) is 18.8 Å². The summed E-state index contributed by atoms with van der Waals surface area (Å²) in [7, 11) is 0. The Morgan fingerprint density at radius 1 is 1.07 bits per heavy atom. The lowest BCUT2D eigenvalue weighted by atomic mass is 10.1. The Morgan fingerprint density at radius 2 is 1.89 bits per heavy atom. The number of amides is 3. The van der Waals surface area contributed by atoms with Gasteiger partial charge >= 0.3 is 6.03 Å². The van der Waals surface area contributed by atoms with Crippen molar-refractivity contribution in [2.24, 2.45) is 0 Å². The Labute approximate surface area is 161 Å². The predicted molar refractivity (Wildman–Crippen MR) is 107 cm³/mol. The van der Waals surface area contributed by atoms with Gasteiger partial charge in [-0.05, 0) is 36.4 Å². The standard InChI is InChI=1S/C20H20N4O2S/c25-19(17-7-3-13-27-17)22-15-8-11-24(12-9-15)20(26)23-16-6-1-4-14-5-2-10-21-18(14)16/h1-7,10,13,15H,8-9,11-12H2,(H,22,25)(H,23,26). The van der Waals surface area contributed by atoms with Crippen molar-refractivity contribution in [2.75, 3.05) is 18.4 Å². The van der Waals surface area contributed by atoms with Crippen LogP contribution in [0.4, 0.5) is 10.5 Å². The molecule has 1 aromatic carbocycles. The molecule has 0 radical (unpaired) electrons. The minimum atomic E-state index is -0.129. The number of hydrogen-bond acceptors (Lipinski definition) is 4. The maximum Gasteiger partial charge on any atom is 0.321 e. The lowest BCUT2D eigenvalue weighted by Crippen LogP contribution is -2.47. The molecule has 2 N–H and O–H groups in total. The summed E-state index contributed by atoms with van der Waals surface area (Å²) in [6.07, 6.45) is 3.22. The van der Waals surface area contributed by atoms with Gasteiger partial charge in [-0.3, -0.25) is 9.78 Å². The molecule has 138 valence electrons. The fourth-order valence-electron chi connectivity index (χ4n) is 3.29. The average molecular weight is 380 g/mol. The van der Waals surface area contributed by atoms with E-state index in [0.717, 1.165) is 28.6 Å². The SMILES string of the molecule is O=C(NC1CCN(C(=O)Nc2cccc3cccnc23)CC1)c1cccs1. The summed E-state index contributed by atoms with van der Waals surface area (Å²) in [6.45, 7) is 1.22. The third-order valence-electron chi connectivity index (χ3n) is 4.74. The molecule has 2 aromatic heterocycles. The van der Waals surface area contributed by atoms with Gasteiger partial charge in [0.25, 0.3) is 5.91 Å². The van der Waals surface area contributed by atoms with Crippen molar-refractivity contribution >= 4 is 39.9 Å². The number of thiophene rings is 1. The molecule has 0 atom stereocenters. The molecule has 1 aliphatic heterocycles. The number of nitrogens with one attached hydrogen (secondary N) is 2. The van der Waals surface area contributed by atoms with E-state index < -0.39 is 0 Å². The number of likely N-dealkylation sites (tertiary alicyclic amines) is 1. The zero-order valence-corrected chi connectivity index (χ0v) is 15.5. The number of hydrogen-bond donors (Lipinski definition) is 2. The molecule has 4 rings (SSSR count). The maximum atomic E-state index is 12.6. The molecule has 1 saturated heterocycles. The van der Waals surface area contributed by atoms with Gasteiger partial charge in [-0.2, -0.15) is 0 Å². The number of fused-ring (bicyclic) bond motifs is 1. The Balaban J connectivity index is 1.34. The quantitative estimate of drug-likeness (QED) is 0.727. The summed E-state index contributed by atoms with van der Waals surface area (Å²) in [4.78, 5) is 31.7. The molecule has 1 aliphatic rings. The Morgan fingerprint density at radius 3 is 2.67 bits per heavy atom. The van der Waals surface area contributed by atoms with Crippen LogP contribution >= 0.6 is 11.3 Å². The van der Waals surface area contributed by atoms with Crippen LogP contribution in [0.15, 0.2) is 54.0 Å². The number of para-hydroxylation sites is 1. The van der Waals surface area contributed by atoms with E-state index in [9.17, 15) is 9.59 Å². The van der Waals surface area contributed by atoms with E-state index in [2.05, 4.69) is 15.6 Å². The first-order chi connectivity index (χ1) is 13.2. The van der Waals surface area contributed by atoms with Gasteiger partial charge < -0.3 is 15.5 Å². The van der Waals surface area contributed by atoms with E-state index in [1.807, 2.05) is 47.8 Å². The second-order valence-corrected chi connectivity index (χ2v) is 7.47. The van der Waals surface area contributed by atoms with Gasteiger partial charge in [0.05, 0.1) is 16.1 Å². The van der Waals surface area contributed by atoms with Crippen molar-refractivity contribution < 1.29 is 9.59 Å². The third kappa shape index (κ3) is 3.93. The number of carbonyl (C=O) groups excluding carboxylic acids is 2. The Kier molecular flexibility index (Phi) is 5.02. The highest BCUT2D eigenvalue weighted by Gasteiger charge is 2.24. The second kappa shape index (κ2) is 7.75. The van der Waals surface area contributed by atoms with Crippen LogP contribution in [0.1, 0.15) is 22.5 Å². The van der Waals surface area contributed by atoms with Gasteiger partial charge in [-0.15, -0.1) is 11.3 Å². The van der Waals surface area contributed by atoms with Crippen LogP contribution in [0.5, 0.6) is 0 Å². The number of nitrogens with zero attached hydrogens (tertiary/aromatic N) is 2. The zero-order valence-electron chi connectivity index (χ0n) is 14.7. The van der Waals surface area contributed by atoms with Crippen molar-refractivity contribution in [1.29, 1.82) is 0 Å². The summed E-state index contributed by atoms with van der Waals surface area (Å²) in [5.74, 6) is -0.0327. The molecule has 3 aromatic rings. The number of aromatic nitrogens is 1. The summed E-state index contributed by atoms with van der Waals surface area (Å²) in [5.41, 5.74) is 1.50. The second-order valence-electron chi connectivity index (χ2n) is 6.52. The molecular formula is C20H20N4O2S. The van der Waals surface area contributed by atoms with Crippen LogP contribution in [-0.4, -0.2) is 41.0 Å². The zero-order chi connectivity index (χ0) is 18.6. The van der Waals surface area contributed by atoms with Crippen molar-refractivity contribution in [3.05, 3.63) is 58.9 Å². The van der Waals surface area contributed by atoms with Crippen LogP contribution in [-0.2, 0) is 0 Å². The molecular weight excluding hydrogens is 360 g/mol. The van der Waals surface area contributed by atoms with Crippen LogP contribution in [0.2, 0.25) is 0 Å². The molecule has 0 aliphatic carbocycles. The molecule has 0 unspecified atom stereocenters. The summed E-state index contributed by atoms with van der Waals surface area (Å²) < 4.78 is 0. The summed E-state index contributed by atoms with van der Waals surface area (Å²) in [6, 6.07) is 13.3. The van der Waals surface area contributed by atoms with E-state index in [1.165, 1.54) is 11.3 Å². The van der Waals surface area contributed by atoms with Crippen LogP contribution in [0, 0.1) is 0 Å². The molecule has 7 heteroatoms. The number of piperidine rings is 1. The summed E-state index contributed by atoms with van der Waals surface area (Å²) >= 11 is 1.43. The van der Waals surface area contributed by atoms with Crippen LogP contribution in [0.25, 0.3) is 10.9 Å². The van der Waals surface area contributed by atoms with Gasteiger partial charge in [-0.1, -0.05) is 24.3 Å². The number of rotatable bonds is 3. The molecule has 3 amide bonds. The number of urea groups is 1. The summed E-state index contributed by atoms with van der Waals surface area (Å²) in [5, 5.41) is 8.91. The highest BCUT2D eigenvalue weighted by Crippen LogP contribution is 2.22. The maximum absolute atomic E-state index is 12.6. The highest BCUT2D eigenvalue weighted by atomic mass is 32.1. The smallest absolute Gasteiger partial charge is 0.321 e. The lowest BCUT2D eigenvalue weighted by Gasteiger charge is -2.32. The molecule has 3 heterocycles. The molecule has 27 heavy (non-hydrogen) atoms. The van der Waals surface area contributed by atoms with Gasteiger partial charge in [-0.25, -0.2) is 4.79 Å². The minimum Gasteiger partial charge on any atom is -0.348 e. The van der Waals surface area contributed by atoms with Gasteiger partial charge in [0.1, 0.15) is 0 Å². The van der Waals surface area contributed by atoms with Crippen molar-refractivity contribution in [3.63, 3.8) is 0 Å². The normalized spacial score (nSPS) is 14.9. The lowest BCUT2D eigenvalue weighted by molar-refractivity contribution is 0.0923. The average Bonchev–Trinajstić information content (AvgIpc) is 3.24. The molecule has 6 nitrogen and oxygen atoms in total. The van der Waals surface area contributed by atoms with E-state index in [-0.39, 0.29) is 18.0 Å². The molecule has 1 fully saturated rings. The Bertz CT molecular complexity index is 944. The van der Waals surface area contributed by atoms with E-state index >= 15 is 0 Å². The topological polar surface area (TPSA) is 74.3 Å². The third-order valence-corrected chi connectivity index (χ3v) is 5.61. The van der Waals surface area contributed by atoms with Gasteiger partial charge in [0, 0.05) is 30.7 Å². The van der Waals surface area contributed by atoms with E-state index in [1.54, 1.807) is 11.1 Å². The molecule has 0 saturated carbocycles. The van der Waals surface area contributed by atoms with Gasteiger partial charge in [0.15, 0.2) is 0 Å². The predicted octanol–water partition coefficient (Wildman–Crippen LogP) is 3.72. The number of pyridine rings is 1. The van der Waals surface area contributed by atoms with Crippen molar-refractivity contribution in [3.8, 4) is 0 Å². The first kappa shape index (κ1) is 17.5. The highest BCUT2D eigenvalue weighted by molar-refractivity contribution is 7.12. The van der Waals surface area contributed by atoms with Crippen molar-refractivity contribution in [1.82, 2.24) is 15.2 Å². The first-order valence-corrected chi connectivity index (χ1v) is 9.83. The molecule has 0 bridgehead atoms. The van der Waals surface area contributed by atoms with Crippen LogP contribution < -0.4 is 10.6 Å². The molecule has 0 spiro atoms. The van der Waals surface area contributed by atoms with Crippen molar-refractivity contribution in [2.45, 2.75) is 18.9 Å². The Hall–Kier alpha value is -2.93. The van der Waals surface area contributed by atoms with Crippen LogP contribution in [0.3, 0.4) is 0 Å². The fourth-order valence-corrected chi connectivity index (χ4v) is 3.92. The van der Waals surface area contributed by atoms with Gasteiger partial charge in [0.2, 0.25) is 0 Å². The monoisotopic (exact) mass is 380 g/mol. The number of anilines is 1. The minimum absolute atomic E-state index is 0.0327.